The highest BCUT2D eigenvalue weighted by atomic mass is 32.2. The summed E-state index contributed by atoms with van der Waals surface area (Å²) in [6, 6.07) is 12.7. The predicted octanol–water partition coefficient (Wildman–Crippen LogP) is 3.01. The Morgan fingerprint density at radius 1 is 1.09 bits per heavy atom. The normalized spacial score (nSPS) is 18.1. The van der Waals surface area contributed by atoms with E-state index in [2.05, 4.69) is 5.32 Å². The van der Waals surface area contributed by atoms with Gasteiger partial charge in [-0.1, -0.05) is 61.2 Å². The Kier molecular flexibility index (Phi) is 7.25. The van der Waals surface area contributed by atoms with Gasteiger partial charge in [0, 0.05) is 12.6 Å². The van der Waals surface area contributed by atoms with E-state index < -0.39 is 34.4 Å². The van der Waals surface area contributed by atoms with E-state index in [1.807, 2.05) is 31.2 Å². The number of nitrogens with one attached hydrogen (secondary N) is 1. The number of carbonyl (C=O) groups is 3. The number of fused-ring (bicyclic) bond motifs is 1. The summed E-state index contributed by atoms with van der Waals surface area (Å²) in [5.74, 6) is -1.62. The fourth-order valence-corrected chi connectivity index (χ4v) is 6.28. The van der Waals surface area contributed by atoms with Crippen molar-refractivity contribution in [2.75, 3.05) is 6.54 Å². The van der Waals surface area contributed by atoms with Gasteiger partial charge in [0.25, 0.3) is 15.9 Å². The van der Waals surface area contributed by atoms with Crippen LogP contribution in [-0.2, 0) is 26.2 Å². The molecule has 0 saturated heterocycles. The lowest BCUT2D eigenvalue weighted by molar-refractivity contribution is -0.140. The van der Waals surface area contributed by atoms with E-state index in [1.165, 1.54) is 23.1 Å². The number of carbonyl (C=O) groups excluding carboxylic acids is 3. The summed E-state index contributed by atoms with van der Waals surface area (Å²) in [5, 5.41) is 3.05. The molecular weight excluding hydrogens is 466 g/mol. The van der Waals surface area contributed by atoms with Crippen LogP contribution in [0.15, 0.2) is 53.4 Å². The molecule has 3 amide bonds. The number of sulfonamides is 1. The lowest BCUT2D eigenvalue weighted by Crippen LogP contribution is -2.52. The van der Waals surface area contributed by atoms with Crippen LogP contribution in [0.1, 0.15) is 60.5 Å². The molecule has 0 spiro atoms. The van der Waals surface area contributed by atoms with Crippen LogP contribution < -0.4 is 5.32 Å². The Bertz CT molecular complexity index is 1240. The molecule has 1 unspecified atom stereocenters. The summed E-state index contributed by atoms with van der Waals surface area (Å²) < 4.78 is 26.6. The van der Waals surface area contributed by atoms with Gasteiger partial charge in [-0.15, -0.1) is 0 Å². The monoisotopic (exact) mass is 497 g/mol. The molecule has 1 aliphatic carbocycles. The summed E-state index contributed by atoms with van der Waals surface area (Å²) in [4.78, 5) is 40.7. The Morgan fingerprint density at radius 2 is 1.80 bits per heavy atom. The molecule has 2 aliphatic rings. The van der Waals surface area contributed by atoms with Gasteiger partial charge in [-0.25, -0.2) is 12.7 Å². The Hall–Kier alpha value is -3.20. The molecule has 35 heavy (non-hydrogen) atoms. The Morgan fingerprint density at radius 3 is 2.49 bits per heavy atom. The van der Waals surface area contributed by atoms with Crippen molar-refractivity contribution in [3.8, 4) is 0 Å². The average molecular weight is 498 g/mol. The lowest BCUT2D eigenvalue weighted by Gasteiger charge is -2.32. The van der Waals surface area contributed by atoms with Crippen LogP contribution in [0.3, 0.4) is 0 Å². The van der Waals surface area contributed by atoms with Crippen molar-refractivity contribution in [2.24, 2.45) is 0 Å². The minimum Gasteiger partial charge on any atom is -0.352 e. The summed E-state index contributed by atoms with van der Waals surface area (Å²) in [7, 11) is -4.14. The van der Waals surface area contributed by atoms with E-state index in [0.29, 0.717) is 4.31 Å². The van der Waals surface area contributed by atoms with Gasteiger partial charge in [0.1, 0.15) is 17.5 Å². The second-order valence-electron chi connectivity index (χ2n) is 9.34. The third-order valence-corrected chi connectivity index (χ3v) is 8.53. The first-order valence-corrected chi connectivity index (χ1v) is 13.4. The second kappa shape index (κ2) is 10.2. The molecule has 2 aromatic rings. The lowest BCUT2D eigenvalue weighted by atomic mass is 9.95. The van der Waals surface area contributed by atoms with E-state index in [9.17, 15) is 22.8 Å². The number of hydrogen-bond donors (Lipinski definition) is 1. The summed E-state index contributed by atoms with van der Waals surface area (Å²) >= 11 is 0. The predicted molar refractivity (Wildman–Crippen MR) is 131 cm³/mol. The zero-order valence-electron chi connectivity index (χ0n) is 20.1. The molecule has 4 rings (SSSR count). The molecule has 1 heterocycles. The van der Waals surface area contributed by atoms with Crippen LogP contribution in [0, 0.1) is 6.92 Å². The van der Waals surface area contributed by atoms with Crippen LogP contribution in [0.5, 0.6) is 0 Å². The van der Waals surface area contributed by atoms with Gasteiger partial charge < -0.3 is 10.2 Å². The van der Waals surface area contributed by atoms with Gasteiger partial charge in [0.05, 0.1) is 5.56 Å². The van der Waals surface area contributed by atoms with Crippen molar-refractivity contribution >= 4 is 27.7 Å². The van der Waals surface area contributed by atoms with Gasteiger partial charge in [-0.2, -0.15) is 0 Å². The highest BCUT2D eigenvalue weighted by Gasteiger charge is 2.43. The number of amides is 3. The SMILES string of the molecule is Cc1cccc(CN(C(=O)CN2C(=O)c3ccccc3S2(=O)=O)C(C)C(=O)NC2CCCCC2)c1. The zero-order valence-corrected chi connectivity index (χ0v) is 20.9. The topological polar surface area (TPSA) is 104 Å². The maximum absolute atomic E-state index is 13.5. The third kappa shape index (κ3) is 5.24. The first kappa shape index (κ1) is 24.9. The minimum absolute atomic E-state index is 0.0497. The fourth-order valence-electron chi connectivity index (χ4n) is 4.76. The molecule has 0 aromatic heterocycles. The molecule has 2 aromatic carbocycles. The molecule has 1 fully saturated rings. The molecule has 9 heteroatoms. The number of rotatable bonds is 7. The van der Waals surface area contributed by atoms with Crippen molar-refractivity contribution in [3.63, 3.8) is 0 Å². The molecule has 8 nitrogen and oxygen atoms in total. The van der Waals surface area contributed by atoms with Gasteiger partial charge in [-0.3, -0.25) is 14.4 Å². The van der Waals surface area contributed by atoms with Crippen molar-refractivity contribution in [1.29, 1.82) is 0 Å². The molecule has 0 radical (unpaired) electrons. The van der Waals surface area contributed by atoms with Gasteiger partial charge in [0.15, 0.2) is 0 Å². The fraction of sp³-hybridized carbons (Fsp3) is 0.423. The van der Waals surface area contributed by atoms with E-state index in [0.717, 1.165) is 43.2 Å². The number of nitrogens with zero attached hydrogens (tertiary/aromatic N) is 2. The van der Waals surface area contributed by atoms with Crippen LogP contribution in [-0.4, -0.2) is 54.0 Å². The van der Waals surface area contributed by atoms with Crippen molar-refractivity contribution in [3.05, 3.63) is 65.2 Å². The maximum atomic E-state index is 13.5. The molecule has 0 bridgehead atoms. The minimum atomic E-state index is -4.14. The zero-order chi connectivity index (χ0) is 25.2. The van der Waals surface area contributed by atoms with Crippen molar-refractivity contribution in [2.45, 2.75) is 69.5 Å². The van der Waals surface area contributed by atoms with Crippen LogP contribution in [0.4, 0.5) is 0 Å². The molecule has 1 saturated carbocycles. The second-order valence-corrected chi connectivity index (χ2v) is 11.2. The smallest absolute Gasteiger partial charge is 0.269 e. The Labute approximate surface area is 206 Å². The van der Waals surface area contributed by atoms with E-state index in [4.69, 9.17) is 0 Å². The molecule has 1 atom stereocenters. The number of hydrogen-bond acceptors (Lipinski definition) is 5. The Balaban J connectivity index is 1.57. The molecular formula is C26H31N3O5S. The standard InChI is InChI=1S/C26H31N3O5S/c1-18-9-8-10-20(15-18)16-28(19(2)25(31)27-21-11-4-3-5-12-21)24(30)17-29-26(32)22-13-6-7-14-23(22)35(29,33)34/h6-10,13-15,19,21H,3-5,11-12,16-17H2,1-2H3,(H,27,31). The first-order valence-electron chi connectivity index (χ1n) is 12.0. The summed E-state index contributed by atoms with van der Waals surface area (Å²) in [5.41, 5.74) is 1.87. The quantitative estimate of drug-likeness (QED) is 0.633. The van der Waals surface area contributed by atoms with Gasteiger partial charge in [-0.05, 0) is 44.4 Å². The third-order valence-electron chi connectivity index (χ3n) is 6.75. The van der Waals surface area contributed by atoms with Crippen molar-refractivity contribution in [1.82, 2.24) is 14.5 Å². The van der Waals surface area contributed by atoms with Crippen LogP contribution in [0.25, 0.3) is 0 Å². The van der Waals surface area contributed by atoms with Gasteiger partial charge >= 0.3 is 0 Å². The first-order chi connectivity index (χ1) is 16.7. The van der Waals surface area contributed by atoms with E-state index in [-0.39, 0.29) is 29.0 Å². The van der Waals surface area contributed by atoms with Crippen molar-refractivity contribution < 1.29 is 22.8 Å². The highest BCUT2D eigenvalue weighted by molar-refractivity contribution is 7.90. The number of aryl methyl sites for hydroxylation is 1. The van der Waals surface area contributed by atoms with Crippen LogP contribution in [0.2, 0.25) is 0 Å². The molecule has 186 valence electrons. The van der Waals surface area contributed by atoms with E-state index in [1.54, 1.807) is 13.0 Å². The largest absolute Gasteiger partial charge is 0.352 e. The summed E-state index contributed by atoms with van der Waals surface area (Å²) in [6.07, 6.45) is 5.08. The highest BCUT2D eigenvalue weighted by Crippen LogP contribution is 2.30. The summed E-state index contributed by atoms with van der Waals surface area (Å²) in [6.45, 7) is 3.03. The molecule has 1 aliphatic heterocycles. The van der Waals surface area contributed by atoms with Gasteiger partial charge in [0.2, 0.25) is 11.8 Å². The van der Waals surface area contributed by atoms with Crippen LogP contribution >= 0.6 is 0 Å². The maximum Gasteiger partial charge on any atom is 0.269 e. The average Bonchev–Trinajstić information content (AvgIpc) is 3.03. The van der Waals surface area contributed by atoms with E-state index >= 15 is 0 Å². The number of benzene rings is 2. The molecule has 1 N–H and O–H groups in total.